The molecule has 0 saturated heterocycles. The van der Waals surface area contributed by atoms with Crippen LogP contribution in [-0.4, -0.2) is 25.0 Å². The predicted octanol–water partition coefficient (Wildman–Crippen LogP) is 3.80. The molecule has 0 N–H and O–H groups in total. The van der Waals surface area contributed by atoms with Gasteiger partial charge in [0.2, 0.25) is 0 Å². The lowest BCUT2D eigenvalue weighted by Crippen LogP contribution is -2.52. The van der Waals surface area contributed by atoms with Crippen LogP contribution in [0.15, 0.2) is 30.3 Å². The molecular weight excluding hydrogens is 314 g/mol. The molecule has 4 fully saturated rings. The Morgan fingerprint density at radius 2 is 1.56 bits per heavy atom. The Morgan fingerprint density at radius 1 is 1.04 bits per heavy atom. The van der Waals surface area contributed by atoms with Gasteiger partial charge in [-0.25, -0.2) is 0 Å². The van der Waals surface area contributed by atoms with Gasteiger partial charge in [-0.1, -0.05) is 18.2 Å². The highest BCUT2D eigenvalue weighted by atomic mass is 16.5. The molecule has 1 aromatic carbocycles. The van der Waals surface area contributed by atoms with E-state index in [1.807, 2.05) is 30.3 Å². The molecular formula is C21H27NO3. The highest BCUT2D eigenvalue weighted by Crippen LogP contribution is 2.60. The van der Waals surface area contributed by atoms with Crippen LogP contribution in [0.5, 0.6) is 0 Å². The number of carbonyl (C=O) groups is 2. The van der Waals surface area contributed by atoms with Crippen molar-refractivity contribution in [3.8, 4) is 0 Å². The zero-order valence-electron chi connectivity index (χ0n) is 15.1. The number of esters is 1. The van der Waals surface area contributed by atoms with Crippen LogP contribution in [0.25, 0.3) is 0 Å². The number of ether oxygens (including phenoxy) is 1. The molecule has 25 heavy (non-hydrogen) atoms. The van der Waals surface area contributed by atoms with Gasteiger partial charge in [0.15, 0.2) is 6.10 Å². The molecule has 0 aromatic heterocycles. The first kappa shape index (κ1) is 16.6. The summed E-state index contributed by atoms with van der Waals surface area (Å²) in [5, 5.41) is 0. The number of nitrogens with zero attached hydrogens (tertiary/aromatic N) is 1. The third kappa shape index (κ3) is 2.96. The van der Waals surface area contributed by atoms with Crippen molar-refractivity contribution in [1.82, 2.24) is 0 Å². The van der Waals surface area contributed by atoms with Gasteiger partial charge in [-0.3, -0.25) is 9.59 Å². The zero-order chi connectivity index (χ0) is 17.6. The van der Waals surface area contributed by atoms with E-state index in [2.05, 4.69) is 0 Å². The minimum absolute atomic E-state index is 0.131. The van der Waals surface area contributed by atoms with Crippen LogP contribution in [0.2, 0.25) is 0 Å². The van der Waals surface area contributed by atoms with E-state index >= 15 is 0 Å². The molecule has 4 nitrogen and oxygen atoms in total. The Hall–Kier alpha value is -1.84. The second kappa shape index (κ2) is 6.15. The third-order valence-electron chi connectivity index (χ3n) is 6.58. The van der Waals surface area contributed by atoms with Crippen molar-refractivity contribution in [2.24, 2.45) is 23.2 Å². The van der Waals surface area contributed by atoms with Crippen LogP contribution in [0.1, 0.15) is 45.4 Å². The van der Waals surface area contributed by atoms with E-state index in [-0.39, 0.29) is 17.3 Å². The number of carbonyl (C=O) groups excluding carboxylic acids is 2. The van der Waals surface area contributed by atoms with Crippen LogP contribution in [0.3, 0.4) is 0 Å². The molecule has 1 unspecified atom stereocenters. The first-order valence-corrected chi connectivity index (χ1v) is 9.50. The van der Waals surface area contributed by atoms with Crippen LogP contribution in [0, 0.1) is 23.2 Å². The van der Waals surface area contributed by atoms with Crippen LogP contribution >= 0.6 is 0 Å². The summed E-state index contributed by atoms with van der Waals surface area (Å²) in [6.07, 6.45) is 6.02. The molecule has 4 bridgehead atoms. The van der Waals surface area contributed by atoms with Crippen molar-refractivity contribution in [3.63, 3.8) is 0 Å². The molecule has 4 saturated carbocycles. The van der Waals surface area contributed by atoms with Gasteiger partial charge in [0.05, 0.1) is 5.41 Å². The van der Waals surface area contributed by atoms with Gasteiger partial charge < -0.3 is 9.64 Å². The number of anilines is 1. The molecule has 1 amide bonds. The van der Waals surface area contributed by atoms with E-state index in [9.17, 15) is 9.59 Å². The van der Waals surface area contributed by atoms with E-state index < -0.39 is 6.10 Å². The fourth-order valence-corrected chi connectivity index (χ4v) is 5.75. The van der Waals surface area contributed by atoms with Gasteiger partial charge in [-0.05, 0) is 75.3 Å². The Morgan fingerprint density at radius 3 is 2.08 bits per heavy atom. The third-order valence-corrected chi connectivity index (χ3v) is 6.58. The summed E-state index contributed by atoms with van der Waals surface area (Å²) in [7, 11) is 1.73. The number of likely N-dealkylation sites (N-methyl/N-ethyl adjacent to an activating group) is 1. The van der Waals surface area contributed by atoms with E-state index in [1.54, 1.807) is 18.9 Å². The van der Waals surface area contributed by atoms with Crippen molar-refractivity contribution in [3.05, 3.63) is 30.3 Å². The molecule has 0 radical (unpaired) electrons. The highest BCUT2D eigenvalue weighted by molar-refractivity contribution is 5.97. The van der Waals surface area contributed by atoms with Gasteiger partial charge in [0.1, 0.15) is 0 Å². The molecule has 4 aliphatic rings. The average molecular weight is 341 g/mol. The average Bonchev–Trinajstić information content (AvgIpc) is 2.60. The molecule has 4 aliphatic carbocycles. The van der Waals surface area contributed by atoms with Crippen LogP contribution in [0.4, 0.5) is 5.69 Å². The largest absolute Gasteiger partial charge is 0.452 e. The maximum Gasteiger partial charge on any atom is 0.312 e. The van der Waals surface area contributed by atoms with Gasteiger partial charge in [0, 0.05) is 12.7 Å². The van der Waals surface area contributed by atoms with Gasteiger partial charge in [-0.15, -0.1) is 0 Å². The van der Waals surface area contributed by atoms with Crippen LogP contribution in [-0.2, 0) is 14.3 Å². The van der Waals surface area contributed by atoms with E-state index in [0.717, 1.165) is 24.9 Å². The predicted molar refractivity (Wildman–Crippen MR) is 96.0 cm³/mol. The molecule has 4 heteroatoms. The first-order valence-electron chi connectivity index (χ1n) is 9.50. The maximum absolute atomic E-state index is 13.0. The second-order valence-corrected chi connectivity index (χ2v) is 8.48. The molecule has 0 aliphatic heterocycles. The number of amides is 1. The van der Waals surface area contributed by atoms with Crippen molar-refractivity contribution >= 4 is 17.6 Å². The van der Waals surface area contributed by atoms with Crippen molar-refractivity contribution in [2.45, 2.75) is 51.6 Å². The lowest BCUT2D eigenvalue weighted by molar-refractivity contribution is -0.178. The number of hydrogen-bond acceptors (Lipinski definition) is 3. The quantitative estimate of drug-likeness (QED) is 0.783. The summed E-state index contributed by atoms with van der Waals surface area (Å²) in [5.41, 5.74) is 0.499. The number of benzene rings is 1. The topological polar surface area (TPSA) is 46.6 Å². The summed E-state index contributed by atoms with van der Waals surface area (Å²) < 4.78 is 5.71. The fourth-order valence-electron chi connectivity index (χ4n) is 5.75. The Balaban J connectivity index is 1.43. The summed E-state index contributed by atoms with van der Waals surface area (Å²) in [6, 6.07) is 9.46. The summed E-state index contributed by atoms with van der Waals surface area (Å²) in [5.74, 6) is 1.77. The monoisotopic (exact) mass is 341 g/mol. The molecule has 5 rings (SSSR count). The normalized spacial score (nSPS) is 33.8. The Labute approximate surface area is 149 Å². The smallest absolute Gasteiger partial charge is 0.312 e. The minimum Gasteiger partial charge on any atom is -0.452 e. The van der Waals surface area contributed by atoms with E-state index in [4.69, 9.17) is 4.74 Å². The molecule has 1 aromatic rings. The van der Waals surface area contributed by atoms with Gasteiger partial charge >= 0.3 is 5.97 Å². The zero-order valence-corrected chi connectivity index (χ0v) is 15.1. The first-order chi connectivity index (χ1) is 12.0. The molecule has 0 spiro atoms. The van der Waals surface area contributed by atoms with E-state index in [1.165, 1.54) is 19.3 Å². The minimum atomic E-state index is -0.745. The number of rotatable bonds is 4. The Kier molecular flexibility index (Phi) is 4.09. The van der Waals surface area contributed by atoms with Crippen molar-refractivity contribution < 1.29 is 14.3 Å². The summed E-state index contributed by atoms with van der Waals surface area (Å²) >= 11 is 0. The van der Waals surface area contributed by atoms with Crippen molar-refractivity contribution in [1.29, 1.82) is 0 Å². The molecule has 0 heterocycles. The SMILES string of the molecule is CC(OC(=O)C12CC3CC(CC(C3)C1)C2)C(=O)N(C)c1ccccc1. The number of hydrogen-bond donors (Lipinski definition) is 0. The summed E-state index contributed by atoms with van der Waals surface area (Å²) in [4.78, 5) is 27.2. The van der Waals surface area contributed by atoms with Gasteiger partial charge in [0.25, 0.3) is 5.91 Å². The lowest BCUT2D eigenvalue weighted by Gasteiger charge is -2.55. The van der Waals surface area contributed by atoms with Crippen molar-refractivity contribution in [2.75, 3.05) is 11.9 Å². The Bertz CT molecular complexity index is 634. The highest BCUT2D eigenvalue weighted by Gasteiger charge is 2.55. The van der Waals surface area contributed by atoms with Crippen LogP contribution < -0.4 is 4.90 Å². The maximum atomic E-state index is 13.0. The van der Waals surface area contributed by atoms with E-state index in [0.29, 0.717) is 17.8 Å². The van der Waals surface area contributed by atoms with Gasteiger partial charge in [-0.2, -0.15) is 0 Å². The molecule has 134 valence electrons. The standard InChI is InChI=1S/C21H27NO3/c1-14(19(23)22(2)18-6-4-3-5-7-18)25-20(24)21-11-15-8-16(12-21)10-17(9-15)13-21/h3-7,14-17H,8-13H2,1-2H3. The number of para-hydroxylation sites is 1. The molecule has 1 atom stereocenters. The second-order valence-electron chi connectivity index (χ2n) is 8.48. The fraction of sp³-hybridized carbons (Fsp3) is 0.619. The lowest BCUT2D eigenvalue weighted by atomic mass is 9.49. The summed E-state index contributed by atoms with van der Waals surface area (Å²) in [6.45, 7) is 1.69.